The lowest BCUT2D eigenvalue weighted by molar-refractivity contribution is 0.0542. The molecule has 4 aromatic rings. The van der Waals surface area contributed by atoms with E-state index in [-0.39, 0.29) is 37.0 Å². The zero-order chi connectivity index (χ0) is 31.0. The van der Waals surface area contributed by atoms with Gasteiger partial charge in [-0.15, -0.1) is 0 Å². The number of nitrogens with zero attached hydrogens (tertiary/aromatic N) is 6. The Balaban J connectivity index is 1.23. The van der Waals surface area contributed by atoms with Crippen molar-refractivity contribution >= 4 is 34.7 Å². The second kappa shape index (κ2) is 11.8. The van der Waals surface area contributed by atoms with Crippen LogP contribution in [0.4, 0.5) is 4.79 Å². The second-order valence-electron chi connectivity index (χ2n) is 12.4. The summed E-state index contributed by atoms with van der Waals surface area (Å²) >= 11 is 0. The number of ether oxygens (including phenoxy) is 1. The molecule has 0 unspecified atom stereocenters. The van der Waals surface area contributed by atoms with Crippen LogP contribution in [0.2, 0.25) is 0 Å². The molecule has 1 aromatic carbocycles. The SMILES string of the molecule is CC(C)(C)OC(=O)n1cc(C(=O)CCCN2C(=O)c3ccccc3C2=O)c2cc(-c3cnn(CCN4CCCC4)c3)cnc21. The molecule has 0 atom stereocenters. The molecule has 5 heterocycles. The van der Waals surface area contributed by atoms with Gasteiger partial charge in [-0.1, -0.05) is 12.1 Å². The van der Waals surface area contributed by atoms with Gasteiger partial charge in [0, 0.05) is 60.2 Å². The minimum Gasteiger partial charge on any atom is -0.443 e. The van der Waals surface area contributed by atoms with Crippen LogP contribution in [0.1, 0.15) is 77.5 Å². The molecule has 2 aliphatic heterocycles. The van der Waals surface area contributed by atoms with Crippen LogP contribution in [0.5, 0.6) is 0 Å². The van der Waals surface area contributed by atoms with Gasteiger partial charge < -0.3 is 9.64 Å². The lowest BCUT2D eigenvalue weighted by Crippen LogP contribution is -2.31. The lowest BCUT2D eigenvalue weighted by Gasteiger charge is -2.19. The molecule has 0 saturated carbocycles. The van der Waals surface area contributed by atoms with Crippen LogP contribution < -0.4 is 0 Å². The average Bonchev–Trinajstić information content (AvgIpc) is 3.79. The van der Waals surface area contributed by atoms with Crippen LogP contribution in [0, 0.1) is 0 Å². The molecule has 6 rings (SSSR count). The van der Waals surface area contributed by atoms with Gasteiger partial charge in [0.25, 0.3) is 11.8 Å². The first-order valence-corrected chi connectivity index (χ1v) is 15.1. The topological polar surface area (TPSA) is 120 Å². The van der Waals surface area contributed by atoms with Crippen molar-refractivity contribution in [1.29, 1.82) is 0 Å². The van der Waals surface area contributed by atoms with Gasteiger partial charge in [0.2, 0.25) is 0 Å². The van der Waals surface area contributed by atoms with Crippen molar-refractivity contribution in [3.05, 3.63) is 71.8 Å². The first-order valence-electron chi connectivity index (χ1n) is 15.1. The van der Waals surface area contributed by atoms with Crippen molar-refractivity contribution in [2.45, 2.75) is 58.6 Å². The number of hydrogen-bond acceptors (Lipinski definition) is 8. The highest BCUT2D eigenvalue weighted by Crippen LogP contribution is 2.29. The van der Waals surface area contributed by atoms with Crippen LogP contribution in [-0.4, -0.2) is 84.6 Å². The number of fused-ring (bicyclic) bond motifs is 2. The quantitative estimate of drug-likeness (QED) is 0.195. The van der Waals surface area contributed by atoms with Crippen molar-refractivity contribution in [3.8, 4) is 11.1 Å². The normalized spacial score (nSPS) is 15.4. The Morgan fingerprint density at radius 2 is 1.61 bits per heavy atom. The van der Waals surface area contributed by atoms with Crippen LogP contribution in [0.15, 0.2) is 55.1 Å². The molecular formula is C33H36N6O5. The predicted molar refractivity (Wildman–Crippen MR) is 164 cm³/mol. The van der Waals surface area contributed by atoms with E-state index in [0.29, 0.717) is 27.7 Å². The summed E-state index contributed by atoms with van der Waals surface area (Å²) in [6.07, 6.45) is 9.07. The van der Waals surface area contributed by atoms with E-state index in [0.717, 1.165) is 37.3 Å². The van der Waals surface area contributed by atoms with Gasteiger partial charge in [-0.3, -0.25) is 24.0 Å². The molecule has 0 radical (unpaired) electrons. The fourth-order valence-corrected chi connectivity index (χ4v) is 5.80. The Hall–Kier alpha value is -4.64. The summed E-state index contributed by atoms with van der Waals surface area (Å²) in [5, 5.41) is 5.04. The number of carbonyl (C=O) groups is 4. The van der Waals surface area contributed by atoms with Gasteiger partial charge in [0.15, 0.2) is 5.78 Å². The summed E-state index contributed by atoms with van der Waals surface area (Å²) in [4.78, 5) is 60.4. The number of carbonyl (C=O) groups excluding carboxylic acids is 4. The number of aromatic nitrogens is 4. The number of likely N-dealkylation sites (tertiary alicyclic amines) is 1. The fourth-order valence-electron chi connectivity index (χ4n) is 5.80. The minimum atomic E-state index is -0.742. The first-order chi connectivity index (χ1) is 21.1. The monoisotopic (exact) mass is 596 g/mol. The van der Waals surface area contributed by atoms with Crippen LogP contribution in [-0.2, 0) is 11.3 Å². The average molecular weight is 597 g/mol. The number of amides is 2. The van der Waals surface area contributed by atoms with Gasteiger partial charge in [-0.05, 0) is 71.3 Å². The van der Waals surface area contributed by atoms with E-state index in [9.17, 15) is 19.2 Å². The van der Waals surface area contributed by atoms with Gasteiger partial charge in [-0.25, -0.2) is 14.3 Å². The van der Waals surface area contributed by atoms with Crippen molar-refractivity contribution in [1.82, 2.24) is 29.1 Å². The molecule has 11 nitrogen and oxygen atoms in total. The molecule has 11 heteroatoms. The molecule has 0 spiro atoms. The van der Waals surface area contributed by atoms with Crippen LogP contribution in [0.25, 0.3) is 22.2 Å². The molecule has 0 N–H and O–H groups in total. The smallest absolute Gasteiger partial charge is 0.420 e. The fraction of sp³-hybridized carbons (Fsp3) is 0.394. The van der Waals surface area contributed by atoms with E-state index in [2.05, 4.69) is 15.0 Å². The van der Waals surface area contributed by atoms with Gasteiger partial charge in [-0.2, -0.15) is 5.10 Å². The maximum absolute atomic E-state index is 13.6. The molecule has 1 saturated heterocycles. The third kappa shape index (κ3) is 5.92. The standard InChI is InChI=1S/C33H36N6O5/c1-33(2,3)44-32(43)39-21-27(28(40)11-8-14-38-30(41)24-9-4-5-10-25(24)31(38)42)26-17-22(18-34-29(26)39)23-19-35-37(20-23)16-15-36-12-6-7-13-36/h4-5,9-10,17-21H,6-8,11-16H2,1-3H3. The number of imide groups is 1. The van der Waals surface area contributed by atoms with E-state index < -0.39 is 11.7 Å². The highest BCUT2D eigenvalue weighted by Gasteiger charge is 2.34. The molecular weight excluding hydrogens is 560 g/mol. The van der Waals surface area contributed by atoms with Crippen molar-refractivity contribution in [2.75, 3.05) is 26.2 Å². The molecule has 2 aliphatic rings. The van der Waals surface area contributed by atoms with Crippen molar-refractivity contribution in [3.63, 3.8) is 0 Å². The van der Waals surface area contributed by atoms with Gasteiger partial charge in [0.05, 0.1) is 23.9 Å². The molecule has 228 valence electrons. The summed E-state index contributed by atoms with van der Waals surface area (Å²) in [6.45, 7) is 9.40. The van der Waals surface area contributed by atoms with Gasteiger partial charge in [0.1, 0.15) is 11.2 Å². The maximum Gasteiger partial charge on any atom is 0.420 e. The summed E-state index contributed by atoms with van der Waals surface area (Å²) in [5.41, 5.74) is 2.27. The molecule has 0 bridgehead atoms. The number of ketones is 1. The summed E-state index contributed by atoms with van der Waals surface area (Å²) in [7, 11) is 0. The molecule has 0 aliphatic carbocycles. The number of benzene rings is 1. The van der Waals surface area contributed by atoms with Gasteiger partial charge >= 0.3 is 6.09 Å². The highest BCUT2D eigenvalue weighted by molar-refractivity contribution is 6.21. The first kappa shape index (κ1) is 29.4. The third-order valence-corrected chi connectivity index (χ3v) is 8.01. The Labute approximate surface area is 255 Å². The molecule has 44 heavy (non-hydrogen) atoms. The van der Waals surface area contributed by atoms with Crippen molar-refractivity contribution < 1.29 is 23.9 Å². The Kier molecular flexibility index (Phi) is 7.89. The third-order valence-electron chi connectivity index (χ3n) is 8.01. The highest BCUT2D eigenvalue weighted by atomic mass is 16.6. The van der Waals surface area contributed by atoms with Crippen molar-refractivity contribution in [2.24, 2.45) is 0 Å². The van der Waals surface area contributed by atoms with E-state index in [1.807, 2.05) is 16.9 Å². The number of Topliss-reactive ketones (excluding diaryl/α,β-unsaturated/α-hetero) is 1. The predicted octanol–water partition coefficient (Wildman–Crippen LogP) is 5.04. The molecule has 2 amide bonds. The van der Waals surface area contributed by atoms with E-state index >= 15 is 0 Å². The van der Waals surface area contributed by atoms with Crippen LogP contribution in [0.3, 0.4) is 0 Å². The summed E-state index contributed by atoms with van der Waals surface area (Å²) < 4.78 is 8.77. The Morgan fingerprint density at radius 1 is 0.909 bits per heavy atom. The largest absolute Gasteiger partial charge is 0.443 e. The van der Waals surface area contributed by atoms with Crippen LogP contribution >= 0.6 is 0 Å². The number of hydrogen-bond donors (Lipinski definition) is 0. The van der Waals surface area contributed by atoms with E-state index in [1.54, 1.807) is 57.4 Å². The zero-order valence-electron chi connectivity index (χ0n) is 25.3. The minimum absolute atomic E-state index is 0.0689. The second-order valence-corrected chi connectivity index (χ2v) is 12.4. The Morgan fingerprint density at radius 3 is 2.30 bits per heavy atom. The summed E-state index contributed by atoms with van der Waals surface area (Å²) in [6, 6.07) is 8.56. The molecule has 3 aromatic heterocycles. The van der Waals surface area contributed by atoms with E-state index in [4.69, 9.17) is 4.74 Å². The maximum atomic E-state index is 13.6. The Bertz CT molecular complexity index is 1720. The summed E-state index contributed by atoms with van der Waals surface area (Å²) in [5.74, 6) is -0.932. The number of pyridine rings is 1. The lowest BCUT2D eigenvalue weighted by atomic mass is 10.0. The zero-order valence-corrected chi connectivity index (χ0v) is 25.3. The molecule has 1 fully saturated rings. The van der Waals surface area contributed by atoms with E-state index in [1.165, 1.54) is 28.5 Å². The number of rotatable bonds is 9.